The lowest BCUT2D eigenvalue weighted by Crippen LogP contribution is -2.15. The molecule has 3 aromatic carbocycles. The molecule has 0 atom stereocenters. The second-order valence-corrected chi connectivity index (χ2v) is 7.61. The summed E-state index contributed by atoms with van der Waals surface area (Å²) in [4.78, 5) is 9.74. The van der Waals surface area contributed by atoms with Crippen LogP contribution in [0.4, 0.5) is 0 Å². The molecule has 0 N–H and O–H groups in total. The van der Waals surface area contributed by atoms with Crippen LogP contribution >= 0.6 is 0 Å². The zero-order chi connectivity index (χ0) is 18.1. The molecule has 2 heteroatoms. The van der Waals surface area contributed by atoms with Gasteiger partial charge in [-0.05, 0) is 17.2 Å². The summed E-state index contributed by atoms with van der Waals surface area (Å²) in [5, 5.41) is 1.13. The molecule has 0 spiro atoms. The zero-order valence-electron chi connectivity index (χ0n) is 15.4. The van der Waals surface area contributed by atoms with E-state index >= 15 is 0 Å². The SMILES string of the molecule is CC(C)(C)c1nc(-c2ccc(-c3ccccc3)cc2)nc2ccccc12. The van der Waals surface area contributed by atoms with Crippen molar-refractivity contribution in [2.24, 2.45) is 0 Å². The molecule has 0 bridgehead atoms. The second kappa shape index (κ2) is 6.38. The molecule has 2 nitrogen and oxygen atoms in total. The maximum absolute atomic E-state index is 4.93. The molecule has 128 valence electrons. The summed E-state index contributed by atoms with van der Waals surface area (Å²) < 4.78 is 0. The first-order valence-electron chi connectivity index (χ1n) is 8.95. The van der Waals surface area contributed by atoms with Gasteiger partial charge in [0.05, 0.1) is 11.2 Å². The van der Waals surface area contributed by atoms with Crippen LogP contribution in [0, 0.1) is 0 Å². The molecule has 1 heterocycles. The van der Waals surface area contributed by atoms with Crippen molar-refractivity contribution in [2.75, 3.05) is 0 Å². The number of rotatable bonds is 2. The molecular weight excluding hydrogens is 316 g/mol. The summed E-state index contributed by atoms with van der Waals surface area (Å²) in [6.45, 7) is 6.60. The molecule has 0 saturated heterocycles. The Morgan fingerprint density at radius 2 is 1.15 bits per heavy atom. The minimum atomic E-state index is -0.0404. The van der Waals surface area contributed by atoms with Crippen molar-refractivity contribution in [3.8, 4) is 22.5 Å². The zero-order valence-corrected chi connectivity index (χ0v) is 15.4. The maximum Gasteiger partial charge on any atom is 0.160 e. The van der Waals surface area contributed by atoms with E-state index < -0.39 is 0 Å². The third-order valence-corrected chi connectivity index (χ3v) is 4.56. The van der Waals surface area contributed by atoms with Crippen molar-refractivity contribution >= 4 is 10.9 Å². The van der Waals surface area contributed by atoms with Crippen LogP contribution in [0.1, 0.15) is 26.5 Å². The number of para-hydroxylation sites is 1. The third kappa shape index (κ3) is 3.11. The number of aromatic nitrogens is 2. The van der Waals surface area contributed by atoms with E-state index in [1.54, 1.807) is 0 Å². The highest BCUT2D eigenvalue weighted by atomic mass is 14.9. The summed E-state index contributed by atoms with van der Waals surface area (Å²) in [6, 6.07) is 27.2. The van der Waals surface area contributed by atoms with Gasteiger partial charge < -0.3 is 0 Å². The van der Waals surface area contributed by atoms with Crippen LogP contribution in [0.5, 0.6) is 0 Å². The van der Waals surface area contributed by atoms with E-state index in [2.05, 4.69) is 87.5 Å². The molecule has 0 amide bonds. The minimum absolute atomic E-state index is 0.0404. The average Bonchev–Trinajstić information content (AvgIpc) is 2.67. The Kier molecular flexibility index (Phi) is 4.04. The van der Waals surface area contributed by atoms with Crippen LogP contribution in [-0.4, -0.2) is 9.97 Å². The van der Waals surface area contributed by atoms with E-state index in [0.717, 1.165) is 28.0 Å². The van der Waals surface area contributed by atoms with Gasteiger partial charge in [0, 0.05) is 16.4 Å². The minimum Gasteiger partial charge on any atom is -0.232 e. The molecule has 4 aromatic rings. The standard InChI is InChI=1S/C24H22N2/c1-24(2,3)22-20-11-7-8-12-21(20)25-23(26-22)19-15-13-18(14-16-19)17-9-5-4-6-10-17/h4-16H,1-3H3. The van der Waals surface area contributed by atoms with Gasteiger partial charge in [0.1, 0.15) is 0 Å². The van der Waals surface area contributed by atoms with Gasteiger partial charge in [-0.25, -0.2) is 9.97 Å². The predicted octanol–water partition coefficient (Wildman–Crippen LogP) is 6.26. The maximum atomic E-state index is 4.93. The molecule has 0 aliphatic carbocycles. The summed E-state index contributed by atoms with van der Waals surface area (Å²) in [7, 11) is 0. The van der Waals surface area contributed by atoms with Gasteiger partial charge in [-0.2, -0.15) is 0 Å². The first-order chi connectivity index (χ1) is 12.5. The van der Waals surface area contributed by atoms with Crippen molar-refractivity contribution in [2.45, 2.75) is 26.2 Å². The molecule has 0 radical (unpaired) electrons. The lowest BCUT2D eigenvalue weighted by molar-refractivity contribution is 0.575. The van der Waals surface area contributed by atoms with Gasteiger partial charge in [0.25, 0.3) is 0 Å². The predicted molar refractivity (Wildman–Crippen MR) is 109 cm³/mol. The molecule has 1 aromatic heterocycles. The van der Waals surface area contributed by atoms with Crippen LogP contribution in [0.3, 0.4) is 0 Å². The van der Waals surface area contributed by atoms with Crippen molar-refractivity contribution in [3.05, 3.63) is 84.6 Å². The lowest BCUT2D eigenvalue weighted by Gasteiger charge is -2.20. The number of benzene rings is 3. The Balaban J connectivity index is 1.82. The molecular formula is C24H22N2. The van der Waals surface area contributed by atoms with Crippen LogP contribution in [0.25, 0.3) is 33.4 Å². The fourth-order valence-corrected chi connectivity index (χ4v) is 3.22. The number of nitrogens with zero attached hydrogens (tertiary/aromatic N) is 2. The quantitative estimate of drug-likeness (QED) is 0.431. The van der Waals surface area contributed by atoms with E-state index in [-0.39, 0.29) is 5.41 Å². The highest BCUT2D eigenvalue weighted by molar-refractivity contribution is 5.83. The molecule has 0 aliphatic heterocycles. The molecule has 0 fully saturated rings. The van der Waals surface area contributed by atoms with Crippen molar-refractivity contribution < 1.29 is 0 Å². The number of hydrogen-bond acceptors (Lipinski definition) is 2. The number of fused-ring (bicyclic) bond motifs is 1. The van der Waals surface area contributed by atoms with Crippen LogP contribution < -0.4 is 0 Å². The van der Waals surface area contributed by atoms with Gasteiger partial charge in [-0.15, -0.1) is 0 Å². The fourth-order valence-electron chi connectivity index (χ4n) is 3.22. The largest absolute Gasteiger partial charge is 0.232 e. The van der Waals surface area contributed by atoms with Crippen molar-refractivity contribution in [3.63, 3.8) is 0 Å². The van der Waals surface area contributed by atoms with Gasteiger partial charge in [-0.3, -0.25) is 0 Å². The van der Waals surface area contributed by atoms with Crippen LogP contribution in [0.2, 0.25) is 0 Å². The molecule has 0 saturated carbocycles. The summed E-state index contributed by atoms with van der Waals surface area (Å²) in [5.74, 6) is 0.785. The second-order valence-electron chi connectivity index (χ2n) is 7.61. The van der Waals surface area contributed by atoms with E-state index in [9.17, 15) is 0 Å². The average molecular weight is 338 g/mol. The normalized spacial score (nSPS) is 11.7. The third-order valence-electron chi connectivity index (χ3n) is 4.56. The molecule has 0 unspecified atom stereocenters. The smallest absolute Gasteiger partial charge is 0.160 e. The highest BCUT2D eigenvalue weighted by Gasteiger charge is 2.20. The van der Waals surface area contributed by atoms with E-state index in [4.69, 9.17) is 9.97 Å². The van der Waals surface area contributed by atoms with E-state index in [0.29, 0.717) is 0 Å². The Bertz CT molecular complexity index is 1040. The van der Waals surface area contributed by atoms with Crippen LogP contribution in [-0.2, 0) is 5.41 Å². The topological polar surface area (TPSA) is 25.8 Å². The molecule has 4 rings (SSSR count). The Labute approximate surface area is 154 Å². The monoisotopic (exact) mass is 338 g/mol. The Morgan fingerprint density at radius 3 is 1.85 bits per heavy atom. The van der Waals surface area contributed by atoms with Gasteiger partial charge in [-0.1, -0.05) is 93.6 Å². The highest BCUT2D eigenvalue weighted by Crippen LogP contribution is 2.30. The summed E-state index contributed by atoms with van der Waals surface area (Å²) in [6.07, 6.45) is 0. The fraction of sp³-hybridized carbons (Fsp3) is 0.167. The van der Waals surface area contributed by atoms with Gasteiger partial charge in [0.2, 0.25) is 0 Å². The summed E-state index contributed by atoms with van der Waals surface area (Å²) in [5.41, 5.74) is 5.50. The van der Waals surface area contributed by atoms with Crippen molar-refractivity contribution in [1.82, 2.24) is 9.97 Å². The number of hydrogen-bond donors (Lipinski definition) is 0. The van der Waals surface area contributed by atoms with Gasteiger partial charge in [0.15, 0.2) is 5.82 Å². The van der Waals surface area contributed by atoms with E-state index in [1.807, 2.05) is 12.1 Å². The van der Waals surface area contributed by atoms with Gasteiger partial charge >= 0.3 is 0 Å². The lowest BCUT2D eigenvalue weighted by atomic mass is 9.89. The Hall–Kier alpha value is -3.00. The first kappa shape index (κ1) is 16.5. The van der Waals surface area contributed by atoms with E-state index in [1.165, 1.54) is 11.1 Å². The first-order valence-corrected chi connectivity index (χ1v) is 8.95. The van der Waals surface area contributed by atoms with Crippen molar-refractivity contribution in [1.29, 1.82) is 0 Å². The van der Waals surface area contributed by atoms with Crippen LogP contribution in [0.15, 0.2) is 78.9 Å². The summed E-state index contributed by atoms with van der Waals surface area (Å²) >= 11 is 0. The molecule has 26 heavy (non-hydrogen) atoms. The Morgan fingerprint density at radius 1 is 0.577 bits per heavy atom. The molecule has 0 aliphatic rings.